The lowest BCUT2D eigenvalue weighted by atomic mass is 9.99. The fourth-order valence-electron chi connectivity index (χ4n) is 4.59. The second kappa shape index (κ2) is 9.53. The summed E-state index contributed by atoms with van der Waals surface area (Å²) < 4.78 is 60.4. The van der Waals surface area contributed by atoms with Crippen LogP contribution in [0, 0.1) is 5.92 Å². The van der Waals surface area contributed by atoms with Crippen molar-refractivity contribution in [1.82, 2.24) is 15.0 Å². The number of carboxylic acid groups (broad SMARTS) is 1. The molecule has 11 heteroatoms. The summed E-state index contributed by atoms with van der Waals surface area (Å²) in [4.78, 5) is 18.8. The first-order chi connectivity index (χ1) is 17.2. The number of rotatable bonds is 6. The highest BCUT2D eigenvalue weighted by Crippen LogP contribution is 2.40. The first-order valence-electron chi connectivity index (χ1n) is 11.7. The number of aromatic nitrogens is 2. The van der Waals surface area contributed by atoms with Crippen LogP contribution in [0.25, 0.3) is 22.8 Å². The molecule has 3 aromatic rings. The SMILES string of the molecule is O=C(O)C1CN(Cc2ccc(-c3nc(-c4ccc(N5CCC(F)CC5)c(C(F)(F)F)c4)no3)cc2)C1. The van der Waals surface area contributed by atoms with E-state index >= 15 is 0 Å². The van der Waals surface area contributed by atoms with Crippen LogP contribution in [0.1, 0.15) is 24.0 Å². The predicted octanol–water partition coefficient (Wildman–Crippen LogP) is 4.88. The molecule has 0 unspecified atom stereocenters. The van der Waals surface area contributed by atoms with Crippen LogP contribution in [0.15, 0.2) is 47.0 Å². The number of anilines is 1. The lowest BCUT2D eigenvalue weighted by Gasteiger charge is -2.36. The molecule has 1 aromatic heterocycles. The molecule has 36 heavy (non-hydrogen) atoms. The molecule has 0 amide bonds. The van der Waals surface area contributed by atoms with Crippen molar-refractivity contribution in [2.45, 2.75) is 31.7 Å². The van der Waals surface area contributed by atoms with Crippen molar-refractivity contribution >= 4 is 11.7 Å². The molecule has 0 atom stereocenters. The van der Waals surface area contributed by atoms with Crippen molar-refractivity contribution in [3.8, 4) is 22.8 Å². The van der Waals surface area contributed by atoms with E-state index in [-0.39, 0.29) is 54.8 Å². The Bertz CT molecular complexity index is 1230. The number of hydrogen-bond donors (Lipinski definition) is 1. The second-order valence-corrected chi connectivity index (χ2v) is 9.24. The third kappa shape index (κ3) is 5.06. The number of halogens is 4. The summed E-state index contributed by atoms with van der Waals surface area (Å²) >= 11 is 0. The van der Waals surface area contributed by atoms with Crippen molar-refractivity contribution in [2.75, 3.05) is 31.1 Å². The molecule has 0 bridgehead atoms. The molecule has 0 radical (unpaired) electrons. The monoisotopic (exact) mass is 504 g/mol. The zero-order valence-electron chi connectivity index (χ0n) is 19.2. The first-order valence-corrected chi connectivity index (χ1v) is 11.7. The van der Waals surface area contributed by atoms with Gasteiger partial charge in [-0.3, -0.25) is 9.69 Å². The second-order valence-electron chi connectivity index (χ2n) is 9.24. The maximum absolute atomic E-state index is 13.9. The Morgan fingerprint density at radius 1 is 1.06 bits per heavy atom. The minimum absolute atomic E-state index is 0.0225. The van der Waals surface area contributed by atoms with Gasteiger partial charge in [0.1, 0.15) is 6.17 Å². The summed E-state index contributed by atoms with van der Waals surface area (Å²) in [5.41, 5.74) is 0.984. The van der Waals surface area contributed by atoms with Crippen molar-refractivity contribution < 1.29 is 32.0 Å². The number of likely N-dealkylation sites (tertiary alicyclic amines) is 1. The Labute approximate surface area is 204 Å². The van der Waals surface area contributed by atoms with Gasteiger partial charge < -0.3 is 14.5 Å². The van der Waals surface area contributed by atoms with Gasteiger partial charge in [0, 0.05) is 49.5 Å². The maximum atomic E-state index is 13.9. The zero-order chi connectivity index (χ0) is 25.4. The summed E-state index contributed by atoms with van der Waals surface area (Å²) in [6, 6.07) is 11.2. The van der Waals surface area contributed by atoms with Crippen LogP contribution >= 0.6 is 0 Å². The summed E-state index contributed by atoms with van der Waals surface area (Å²) in [5.74, 6) is -0.898. The summed E-state index contributed by atoms with van der Waals surface area (Å²) in [6.45, 7) is 2.09. The van der Waals surface area contributed by atoms with Crippen LogP contribution < -0.4 is 4.90 Å². The maximum Gasteiger partial charge on any atom is 0.418 e. The molecule has 2 fully saturated rings. The average molecular weight is 504 g/mol. The van der Waals surface area contributed by atoms with Crippen molar-refractivity contribution in [3.63, 3.8) is 0 Å². The Hall–Kier alpha value is -3.47. The Morgan fingerprint density at radius 3 is 2.36 bits per heavy atom. The fraction of sp³-hybridized carbons (Fsp3) is 0.400. The fourth-order valence-corrected chi connectivity index (χ4v) is 4.59. The van der Waals surface area contributed by atoms with Gasteiger partial charge in [-0.15, -0.1) is 0 Å². The van der Waals surface area contributed by atoms with Crippen LogP contribution in [0.5, 0.6) is 0 Å². The van der Waals surface area contributed by atoms with E-state index in [1.807, 2.05) is 17.0 Å². The Kier molecular flexibility index (Phi) is 6.42. The zero-order valence-corrected chi connectivity index (χ0v) is 19.2. The molecule has 2 aliphatic heterocycles. The van der Waals surface area contributed by atoms with Gasteiger partial charge in [0.25, 0.3) is 5.89 Å². The molecule has 0 aliphatic carbocycles. The molecular formula is C25H24F4N4O3. The lowest BCUT2D eigenvalue weighted by Crippen LogP contribution is -2.49. The van der Waals surface area contributed by atoms with Gasteiger partial charge >= 0.3 is 12.1 Å². The number of nitrogens with zero attached hydrogens (tertiary/aromatic N) is 4. The molecule has 1 N–H and O–H groups in total. The number of carboxylic acids is 1. The summed E-state index contributed by atoms with van der Waals surface area (Å²) in [7, 11) is 0. The van der Waals surface area contributed by atoms with Crippen LogP contribution in [-0.4, -0.2) is 58.5 Å². The van der Waals surface area contributed by atoms with Crippen molar-refractivity contribution in [1.29, 1.82) is 0 Å². The van der Waals surface area contributed by atoms with Gasteiger partial charge in [-0.2, -0.15) is 18.2 Å². The van der Waals surface area contributed by atoms with Gasteiger partial charge in [0.05, 0.1) is 11.5 Å². The van der Waals surface area contributed by atoms with Crippen molar-refractivity contribution in [2.24, 2.45) is 5.92 Å². The van der Waals surface area contributed by atoms with E-state index in [9.17, 15) is 22.4 Å². The summed E-state index contributed by atoms with van der Waals surface area (Å²) in [5, 5.41) is 12.9. The van der Waals surface area contributed by atoms with Gasteiger partial charge in [-0.1, -0.05) is 17.3 Å². The topological polar surface area (TPSA) is 82.7 Å². The number of hydrogen-bond acceptors (Lipinski definition) is 6. The molecule has 190 valence electrons. The summed E-state index contributed by atoms with van der Waals surface area (Å²) in [6.07, 6.45) is -5.18. The minimum atomic E-state index is -4.60. The number of piperidine rings is 1. The Balaban J connectivity index is 1.32. The number of aliphatic carboxylic acids is 1. The molecule has 2 saturated heterocycles. The van der Waals surface area contributed by atoms with E-state index in [2.05, 4.69) is 10.1 Å². The van der Waals surface area contributed by atoms with Gasteiger partial charge in [-0.25, -0.2) is 4.39 Å². The molecule has 0 spiro atoms. The largest absolute Gasteiger partial charge is 0.481 e. The minimum Gasteiger partial charge on any atom is -0.481 e. The molecule has 5 rings (SSSR count). The first kappa shape index (κ1) is 24.2. The highest BCUT2D eigenvalue weighted by molar-refractivity contribution is 5.71. The van der Waals surface area contributed by atoms with Gasteiger partial charge in [0.15, 0.2) is 0 Å². The molecule has 2 aromatic carbocycles. The third-order valence-corrected chi connectivity index (χ3v) is 6.66. The highest BCUT2D eigenvalue weighted by atomic mass is 19.4. The van der Waals surface area contributed by atoms with Gasteiger partial charge in [-0.05, 0) is 48.7 Å². The Morgan fingerprint density at radius 2 is 1.72 bits per heavy atom. The van der Waals surface area contributed by atoms with Crippen LogP contribution in [0.4, 0.5) is 23.2 Å². The average Bonchev–Trinajstić information content (AvgIpc) is 3.31. The molecule has 2 aliphatic rings. The smallest absolute Gasteiger partial charge is 0.418 e. The molecule has 3 heterocycles. The van der Waals surface area contributed by atoms with Crippen LogP contribution in [0.2, 0.25) is 0 Å². The van der Waals surface area contributed by atoms with E-state index in [0.717, 1.165) is 11.6 Å². The predicted molar refractivity (Wildman–Crippen MR) is 123 cm³/mol. The van der Waals surface area contributed by atoms with Crippen molar-refractivity contribution in [3.05, 3.63) is 53.6 Å². The highest BCUT2D eigenvalue weighted by Gasteiger charge is 2.36. The van der Waals surface area contributed by atoms with E-state index in [4.69, 9.17) is 9.63 Å². The molecule has 0 saturated carbocycles. The third-order valence-electron chi connectivity index (χ3n) is 6.66. The lowest BCUT2D eigenvalue weighted by molar-refractivity contribution is -0.147. The van der Waals surface area contributed by atoms with Gasteiger partial charge in [0.2, 0.25) is 5.82 Å². The number of benzene rings is 2. The van der Waals surface area contributed by atoms with E-state index in [1.54, 1.807) is 17.0 Å². The van der Waals surface area contributed by atoms with E-state index in [1.165, 1.54) is 12.1 Å². The van der Waals surface area contributed by atoms with E-state index < -0.39 is 23.9 Å². The standard InChI is InChI=1S/C25H24F4N4O3/c26-19-7-9-33(10-8-19)21-6-5-17(11-20(21)25(27,28)29)22-30-23(36-31-22)16-3-1-15(2-4-16)12-32-13-18(14-32)24(34)35/h1-6,11,18-19H,7-10,12-14H2,(H,34,35). The molecule has 7 nitrogen and oxygen atoms in total. The number of carbonyl (C=O) groups is 1. The quantitative estimate of drug-likeness (QED) is 0.480. The van der Waals surface area contributed by atoms with E-state index in [0.29, 0.717) is 25.2 Å². The number of alkyl halides is 4. The van der Waals surface area contributed by atoms with Crippen LogP contribution in [-0.2, 0) is 17.5 Å². The normalized spacial score (nSPS) is 17.8. The molecular weight excluding hydrogens is 480 g/mol. The van der Waals surface area contributed by atoms with Crippen LogP contribution in [0.3, 0.4) is 0 Å².